The Morgan fingerprint density at radius 2 is 2.04 bits per heavy atom. The lowest BCUT2D eigenvalue weighted by Gasteiger charge is -2.40. The molecule has 0 unspecified atom stereocenters. The maximum absolute atomic E-state index is 12.8. The predicted molar refractivity (Wildman–Crippen MR) is 102 cm³/mol. The Balaban J connectivity index is 1.45. The minimum atomic E-state index is -0.585. The molecule has 3 aliphatic heterocycles. The van der Waals surface area contributed by atoms with Gasteiger partial charge in [-0.05, 0) is 50.4 Å². The molecule has 3 N–H and O–H groups in total. The number of aliphatic hydroxyl groups is 1. The van der Waals surface area contributed by atoms with E-state index in [0.717, 1.165) is 25.8 Å². The van der Waals surface area contributed by atoms with Crippen molar-refractivity contribution in [3.8, 4) is 11.5 Å². The molecule has 0 radical (unpaired) electrons. The van der Waals surface area contributed by atoms with Crippen LogP contribution in [0, 0.1) is 0 Å². The van der Waals surface area contributed by atoms with Crippen LogP contribution < -0.4 is 20.1 Å². The lowest BCUT2D eigenvalue weighted by atomic mass is 9.84. The van der Waals surface area contributed by atoms with E-state index in [4.69, 9.17) is 14.6 Å². The molecule has 2 amide bonds. The smallest absolute Gasteiger partial charge is 0.251 e. The van der Waals surface area contributed by atoms with E-state index in [1.807, 2.05) is 0 Å². The molecule has 152 valence electrons. The first-order valence-corrected chi connectivity index (χ1v) is 9.97. The third kappa shape index (κ3) is 3.54. The van der Waals surface area contributed by atoms with Crippen LogP contribution in [0.1, 0.15) is 36.0 Å². The number of nitrogens with one attached hydrogen (secondary N) is 2. The Bertz CT molecular complexity index is 755. The topological polar surface area (TPSA) is 100 Å². The molecule has 1 aromatic carbocycles. The molecule has 8 nitrogen and oxygen atoms in total. The fourth-order valence-electron chi connectivity index (χ4n) is 4.56. The molecule has 3 heterocycles. The van der Waals surface area contributed by atoms with Gasteiger partial charge in [0.05, 0.1) is 6.61 Å². The van der Waals surface area contributed by atoms with Gasteiger partial charge in [0, 0.05) is 24.7 Å². The summed E-state index contributed by atoms with van der Waals surface area (Å²) in [6, 6.07) is 5.09. The SMILES string of the molecule is O=C(N[C@@H]1CN2CCCC[C@@]2(C(=O)NCCO)C1)c1ccc2c(c1)OCCO2. The number of ether oxygens (including phenoxy) is 2. The molecule has 8 heteroatoms. The van der Waals surface area contributed by atoms with Crippen LogP contribution in [0.15, 0.2) is 18.2 Å². The monoisotopic (exact) mass is 389 g/mol. The van der Waals surface area contributed by atoms with Crippen LogP contribution in [0.3, 0.4) is 0 Å². The zero-order chi connectivity index (χ0) is 19.6. The number of hydrogen-bond donors (Lipinski definition) is 3. The standard InChI is InChI=1S/C20H27N3O5/c24-8-6-21-19(26)20-5-1-2-7-23(20)13-15(12-20)22-18(25)14-3-4-16-17(11-14)28-10-9-27-16/h3-4,11,15,24H,1-2,5-10,12-13H2,(H,21,26)(H,22,25)/t15-,20-/m0/s1. The number of benzene rings is 1. The van der Waals surface area contributed by atoms with Gasteiger partial charge in [-0.2, -0.15) is 0 Å². The summed E-state index contributed by atoms with van der Waals surface area (Å²) in [5.74, 6) is 1.02. The molecule has 28 heavy (non-hydrogen) atoms. The van der Waals surface area contributed by atoms with Crippen LogP contribution in [0.4, 0.5) is 0 Å². The zero-order valence-corrected chi connectivity index (χ0v) is 15.9. The van der Waals surface area contributed by atoms with Gasteiger partial charge in [0.2, 0.25) is 5.91 Å². The largest absolute Gasteiger partial charge is 0.486 e. The first-order chi connectivity index (χ1) is 13.6. The van der Waals surface area contributed by atoms with Crippen LogP contribution in [0.5, 0.6) is 11.5 Å². The van der Waals surface area contributed by atoms with Crippen molar-refractivity contribution >= 4 is 11.8 Å². The summed E-state index contributed by atoms with van der Waals surface area (Å²) in [4.78, 5) is 27.8. The van der Waals surface area contributed by atoms with E-state index in [1.54, 1.807) is 18.2 Å². The molecule has 1 aromatic rings. The first-order valence-electron chi connectivity index (χ1n) is 9.97. The van der Waals surface area contributed by atoms with Crippen LogP contribution >= 0.6 is 0 Å². The van der Waals surface area contributed by atoms with Crippen molar-refractivity contribution in [3.63, 3.8) is 0 Å². The van der Waals surface area contributed by atoms with Crippen molar-refractivity contribution in [2.75, 3.05) is 39.5 Å². The van der Waals surface area contributed by atoms with E-state index in [0.29, 0.717) is 43.2 Å². The molecule has 0 aromatic heterocycles. The molecular formula is C20H27N3O5. The molecule has 2 atom stereocenters. The Labute approximate surface area is 164 Å². The highest BCUT2D eigenvalue weighted by molar-refractivity contribution is 5.95. The Hall–Kier alpha value is -2.32. The maximum atomic E-state index is 12.8. The average Bonchev–Trinajstić information content (AvgIpc) is 3.10. The van der Waals surface area contributed by atoms with Crippen molar-refractivity contribution in [2.45, 2.75) is 37.3 Å². The Morgan fingerprint density at radius 1 is 1.21 bits per heavy atom. The molecule has 0 saturated carbocycles. The number of hydrogen-bond acceptors (Lipinski definition) is 6. The molecular weight excluding hydrogens is 362 g/mol. The number of amides is 2. The quantitative estimate of drug-likeness (QED) is 0.670. The number of rotatable bonds is 5. The lowest BCUT2D eigenvalue weighted by Crippen LogP contribution is -2.57. The highest BCUT2D eigenvalue weighted by Crippen LogP contribution is 2.38. The van der Waals surface area contributed by atoms with E-state index in [2.05, 4.69) is 15.5 Å². The number of carbonyl (C=O) groups is 2. The maximum Gasteiger partial charge on any atom is 0.251 e. The predicted octanol–water partition coefficient (Wildman–Crippen LogP) is 0.293. The van der Waals surface area contributed by atoms with Crippen LogP contribution in [0.25, 0.3) is 0 Å². The van der Waals surface area contributed by atoms with Gasteiger partial charge in [-0.15, -0.1) is 0 Å². The molecule has 3 aliphatic rings. The molecule has 0 spiro atoms. The second kappa shape index (κ2) is 7.97. The minimum absolute atomic E-state index is 0.0441. The molecule has 4 rings (SSSR count). The van der Waals surface area contributed by atoms with Gasteiger partial charge in [-0.1, -0.05) is 0 Å². The molecule has 0 bridgehead atoms. The van der Waals surface area contributed by atoms with Gasteiger partial charge < -0.3 is 25.2 Å². The van der Waals surface area contributed by atoms with Crippen molar-refractivity contribution in [1.29, 1.82) is 0 Å². The average molecular weight is 389 g/mol. The number of piperidine rings is 1. The van der Waals surface area contributed by atoms with E-state index in [-0.39, 0.29) is 31.0 Å². The summed E-state index contributed by atoms with van der Waals surface area (Å²) in [6.07, 6.45) is 3.41. The Morgan fingerprint density at radius 3 is 2.86 bits per heavy atom. The number of fused-ring (bicyclic) bond motifs is 2. The van der Waals surface area contributed by atoms with Crippen LogP contribution in [-0.4, -0.2) is 72.9 Å². The minimum Gasteiger partial charge on any atom is -0.486 e. The van der Waals surface area contributed by atoms with Gasteiger partial charge in [-0.3, -0.25) is 14.5 Å². The summed E-state index contributed by atoms with van der Waals surface area (Å²) >= 11 is 0. The summed E-state index contributed by atoms with van der Waals surface area (Å²) in [6.45, 7) is 2.67. The third-order valence-corrected chi connectivity index (χ3v) is 5.86. The first kappa shape index (κ1) is 19.0. The van der Waals surface area contributed by atoms with Crippen molar-refractivity contribution < 1.29 is 24.2 Å². The van der Waals surface area contributed by atoms with Gasteiger partial charge in [-0.25, -0.2) is 0 Å². The fraction of sp³-hybridized carbons (Fsp3) is 0.600. The third-order valence-electron chi connectivity index (χ3n) is 5.86. The summed E-state index contributed by atoms with van der Waals surface area (Å²) in [5.41, 5.74) is -0.0639. The van der Waals surface area contributed by atoms with Crippen LogP contribution in [-0.2, 0) is 4.79 Å². The van der Waals surface area contributed by atoms with Gasteiger partial charge in [0.15, 0.2) is 11.5 Å². The normalized spacial score (nSPS) is 26.4. The van der Waals surface area contributed by atoms with E-state index in [1.165, 1.54) is 0 Å². The van der Waals surface area contributed by atoms with Gasteiger partial charge in [0.25, 0.3) is 5.91 Å². The highest BCUT2D eigenvalue weighted by Gasteiger charge is 2.52. The van der Waals surface area contributed by atoms with Crippen molar-refractivity contribution in [3.05, 3.63) is 23.8 Å². The number of nitrogens with zero attached hydrogens (tertiary/aromatic N) is 1. The molecule has 2 saturated heterocycles. The highest BCUT2D eigenvalue weighted by atomic mass is 16.6. The van der Waals surface area contributed by atoms with Crippen LogP contribution in [0.2, 0.25) is 0 Å². The second-order valence-corrected chi connectivity index (χ2v) is 7.65. The molecule has 0 aliphatic carbocycles. The number of aliphatic hydroxyl groups excluding tert-OH is 1. The van der Waals surface area contributed by atoms with Crippen molar-refractivity contribution in [1.82, 2.24) is 15.5 Å². The molecule has 2 fully saturated rings. The van der Waals surface area contributed by atoms with E-state index >= 15 is 0 Å². The van der Waals surface area contributed by atoms with Gasteiger partial charge >= 0.3 is 0 Å². The lowest BCUT2D eigenvalue weighted by molar-refractivity contribution is -0.134. The van der Waals surface area contributed by atoms with Gasteiger partial charge in [0.1, 0.15) is 18.8 Å². The summed E-state index contributed by atoms with van der Waals surface area (Å²) < 4.78 is 11.1. The van der Waals surface area contributed by atoms with E-state index in [9.17, 15) is 9.59 Å². The number of carbonyl (C=O) groups excluding carboxylic acids is 2. The van der Waals surface area contributed by atoms with Crippen molar-refractivity contribution in [2.24, 2.45) is 0 Å². The Kier molecular flexibility index (Phi) is 5.41. The summed E-state index contributed by atoms with van der Waals surface area (Å²) in [5, 5.41) is 14.9. The summed E-state index contributed by atoms with van der Waals surface area (Å²) in [7, 11) is 0. The fourth-order valence-corrected chi connectivity index (χ4v) is 4.56. The second-order valence-electron chi connectivity index (χ2n) is 7.65. The van der Waals surface area contributed by atoms with E-state index < -0.39 is 5.54 Å². The zero-order valence-electron chi connectivity index (χ0n) is 15.9.